The van der Waals surface area contributed by atoms with Crippen LogP contribution in [-0.2, 0) is 26.2 Å². The van der Waals surface area contributed by atoms with Gasteiger partial charge in [-0.05, 0) is 95.3 Å². The van der Waals surface area contributed by atoms with Gasteiger partial charge in [0.25, 0.3) is 10.0 Å². The van der Waals surface area contributed by atoms with Gasteiger partial charge in [-0.25, -0.2) is 8.42 Å². The first-order valence-electron chi connectivity index (χ1n) is 13.8. The number of para-hydroxylation sites is 2. The summed E-state index contributed by atoms with van der Waals surface area (Å²) in [6.07, 6.45) is 1.91. The SMILES string of the molecule is CCOc1ccccc1N(CC(=O)N(Cc1ccccc1C)[C@@H](C)C(=O)NC(C)(C)C)S(=O)(=O)c1ccc(SC)cc1. The van der Waals surface area contributed by atoms with Crippen molar-refractivity contribution in [1.82, 2.24) is 10.2 Å². The Balaban J connectivity index is 2.10. The molecule has 226 valence electrons. The van der Waals surface area contributed by atoms with Crippen LogP contribution < -0.4 is 14.4 Å². The quantitative estimate of drug-likeness (QED) is 0.266. The molecule has 0 aliphatic carbocycles. The number of anilines is 1. The topological polar surface area (TPSA) is 96.0 Å². The van der Waals surface area contributed by atoms with Crippen molar-refractivity contribution in [3.8, 4) is 5.75 Å². The van der Waals surface area contributed by atoms with Crippen molar-refractivity contribution < 1.29 is 22.7 Å². The van der Waals surface area contributed by atoms with Crippen molar-refractivity contribution in [3.63, 3.8) is 0 Å². The number of benzene rings is 3. The molecule has 1 N–H and O–H groups in total. The summed E-state index contributed by atoms with van der Waals surface area (Å²) in [5.74, 6) is -0.521. The van der Waals surface area contributed by atoms with E-state index in [1.807, 2.05) is 58.2 Å². The van der Waals surface area contributed by atoms with Crippen LogP contribution in [-0.4, -0.2) is 56.1 Å². The Labute approximate surface area is 254 Å². The Morgan fingerprint density at radius 2 is 1.60 bits per heavy atom. The van der Waals surface area contributed by atoms with E-state index < -0.39 is 34.1 Å². The molecule has 0 bridgehead atoms. The zero-order valence-electron chi connectivity index (χ0n) is 25.4. The first-order valence-corrected chi connectivity index (χ1v) is 16.5. The van der Waals surface area contributed by atoms with E-state index in [2.05, 4.69) is 5.32 Å². The third kappa shape index (κ3) is 8.29. The predicted octanol–water partition coefficient (Wildman–Crippen LogP) is 5.64. The van der Waals surface area contributed by atoms with Gasteiger partial charge in [0.05, 0.1) is 17.2 Å². The largest absolute Gasteiger partial charge is 0.492 e. The molecule has 3 rings (SSSR count). The summed E-state index contributed by atoms with van der Waals surface area (Å²) in [7, 11) is -4.21. The maximum Gasteiger partial charge on any atom is 0.264 e. The molecular weight excluding hydrogens is 571 g/mol. The Morgan fingerprint density at radius 1 is 0.976 bits per heavy atom. The van der Waals surface area contributed by atoms with Gasteiger partial charge in [-0.1, -0.05) is 36.4 Å². The minimum absolute atomic E-state index is 0.0448. The van der Waals surface area contributed by atoms with Crippen molar-refractivity contribution in [1.29, 1.82) is 0 Å². The van der Waals surface area contributed by atoms with Crippen molar-refractivity contribution >= 4 is 39.3 Å². The van der Waals surface area contributed by atoms with E-state index in [1.54, 1.807) is 50.2 Å². The maximum atomic E-state index is 14.2. The van der Waals surface area contributed by atoms with E-state index in [9.17, 15) is 18.0 Å². The number of hydrogen-bond acceptors (Lipinski definition) is 6. The Kier molecular flexibility index (Phi) is 11.1. The number of thioether (sulfide) groups is 1. The van der Waals surface area contributed by atoms with Gasteiger partial charge in [-0.15, -0.1) is 11.8 Å². The molecule has 0 spiro atoms. The number of ether oxygens (including phenoxy) is 1. The summed E-state index contributed by atoms with van der Waals surface area (Å²) < 4.78 is 35.2. The molecule has 10 heteroatoms. The number of nitrogens with one attached hydrogen (secondary N) is 1. The second-order valence-corrected chi connectivity index (χ2v) is 13.7. The fraction of sp³-hybridized carbons (Fsp3) is 0.375. The molecule has 0 aromatic heterocycles. The lowest BCUT2D eigenvalue weighted by Gasteiger charge is -2.34. The monoisotopic (exact) mass is 611 g/mol. The van der Waals surface area contributed by atoms with Gasteiger partial charge in [0.2, 0.25) is 11.8 Å². The normalized spacial score (nSPS) is 12.4. The van der Waals surface area contributed by atoms with Crippen LogP contribution >= 0.6 is 11.8 Å². The molecule has 0 saturated carbocycles. The minimum atomic E-state index is -4.21. The van der Waals surface area contributed by atoms with Crippen LogP contribution in [0.3, 0.4) is 0 Å². The van der Waals surface area contributed by atoms with Crippen LogP contribution in [0.25, 0.3) is 0 Å². The van der Waals surface area contributed by atoms with Crippen LogP contribution in [0.1, 0.15) is 45.7 Å². The number of amides is 2. The standard InChI is InChI=1S/C32H41N3O5S2/c1-8-40-29-16-12-11-15-28(29)35(42(38,39)27-19-17-26(41-7)18-20-27)22-30(36)34(21-25-14-10-9-13-23(25)2)24(3)31(37)33-32(4,5)6/h9-20,24H,8,21-22H2,1-7H3,(H,33,37)/t24-/m0/s1. The summed E-state index contributed by atoms with van der Waals surface area (Å²) >= 11 is 1.50. The van der Waals surface area contributed by atoms with E-state index in [-0.39, 0.29) is 23.0 Å². The molecule has 0 aliphatic rings. The number of sulfonamides is 1. The summed E-state index contributed by atoms with van der Waals surface area (Å²) in [6, 6.07) is 20.0. The lowest BCUT2D eigenvalue weighted by atomic mass is 10.1. The van der Waals surface area contributed by atoms with E-state index >= 15 is 0 Å². The molecule has 3 aromatic carbocycles. The number of aryl methyl sites for hydroxylation is 1. The summed E-state index contributed by atoms with van der Waals surface area (Å²) in [6.45, 7) is 10.9. The molecular formula is C32H41N3O5S2. The van der Waals surface area contributed by atoms with Gasteiger partial charge in [-0.3, -0.25) is 13.9 Å². The van der Waals surface area contributed by atoms with Crippen molar-refractivity contribution in [2.45, 2.75) is 69.5 Å². The molecule has 0 heterocycles. The maximum absolute atomic E-state index is 14.2. The first kappa shape index (κ1) is 33.0. The highest BCUT2D eigenvalue weighted by Gasteiger charge is 2.34. The summed E-state index contributed by atoms with van der Waals surface area (Å²) in [5.41, 5.74) is 1.54. The Morgan fingerprint density at radius 3 is 2.19 bits per heavy atom. The zero-order valence-corrected chi connectivity index (χ0v) is 27.0. The smallest absolute Gasteiger partial charge is 0.264 e. The van der Waals surface area contributed by atoms with Gasteiger partial charge in [0.15, 0.2) is 0 Å². The first-order chi connectivity index (χ1) is 19.8. The summed E-state index contributed by atoms with van der Waals surface area (Å²) in [5, 5.41) is 2.95. The second kappa shape index (κ2) is 14.1. The van der Waals surface area contributed by atoms with Gasteiger partial charge in [0, 0.05) is 17.0 Å². The molecule has 0 radical (unpaired) electrons. The Bertz CT molecular complexity index is 1480. The fourth-order valence-corrected chi connectivity index (χ4v) is 6.19. The van der Waals surface area contributed by atoms with Crippen molar-refractivity contribution in [2.24, 2.45) is 0 Å². The van der Waals surface area contributed by atoms with Gasteiger partial charge >= 0.3 is 0 Å². The lowest BCUT2D eigenvalue weighted by molar-refractivity contribution is -0.140. The van der Waals surface area contributed by atoms with Crippen LogP contribution in [0.5, 0.6) is 5.75 Å². The van der Waals surface area contributed by atoms with Crippen LogP contribution in [0.4, 0.5) is 5.69 Å². The molecule has 1 atom stereocenters. The molecule has 8 nitrogen and oxygen atoms in total. The average Bonchev–Trinajstić information content (AvgIpc) is 2.94. The lowest BCUT2D eigenvalue weighted by Crippen LogP contribution is -2.54. The van der Waals surface area contributed by atoms with Crippen LogP contribution in [0.15, 0.2) is 82.6 Å². The average molecular weight is 612 g/mol. The molecule has 0 saturated heterocycles. The van der Waals surface area contributed by atoms with Crippen molar-refractivity contribution in [2.75, 3.05) is 23.7 Å². The van der Waals surface area contributed by atoms with E-state index in [0.29, 0.717) is 12.4 Å². The number of hydrogen-bond donors (Lipinski definition) is 1. The molecule has 0 unspecified atom stereocenters. The highest BCUT2D eigenvalue weighted by atomic mass is 32.2. The minimum Gasteiger partial charge on any atom is -0.492 e. The fourth-order valence-electron chi connectivity index (χ4n) is 4.36. The number of carbonyl (C=O) groups is 2. The molecule has 3 aromatic rings. The van der Waals surface area contributed by atoms with Gasteiger partial charge in [0.1, 0.15) is 18.3 Å². The van der Waals surface area contributed by atoms with Gasteiger partial charge in [-0.2, -0.15) is 0 Å². The Hall–Kier alpha value is -3.50. The van der Waals surface area contributed by atoms with Crippen molar-refractivity contribution in [3.05, 3.63) is 83.9 Å². The van der Waals surface area contributed by atoms with E-state index in [4.69, 9.17) is 4.74 Å². The number of carbonyl (C=O) groups excluding carboxylic acids is 2. The van der Waals surface area contributed by atoms with E-state index in [0.717, 1.165) is 20.3 Å². The van der Waals surface area contributed by atoms with Gasteiger partial charge < -0.3 is 15.0 Å². The molecule has 42 heavy (non-hydrogen) atoms. The highest BCUT2D eigenvalue weighted by Crippen LogP contribution is 2.33. The van der Waals surface area contributed by atoms with Crippen LogP contribution in [0.2, 0.25) is 0 Å². The number of rotatable bonds is 12. The third-order valence-electron chi connectivity index (χ3n) is 6.63. The van der Waals surface area contributed by atoms with E-state index in [1.165, 1.54) is 28.8 Å². The predicted molar refractivity (Wildman–Crippen MR) is 169 cm³/mol. The molecule has 2 amide bonds. The van der Waals surface area contributed by atoms with Crippen LogP contribution in [0, 0.1) is 6.92 Å². The zero-order chi connectivity index (χ0) is 31.1. The highest BCUT2D eigenvalue weighted by molar-refractivity contribution is 7.98. The second-order valence-electron chi connectivity index (χ2n) is 11.0. The molecule has 0 fully saturated rings. The molecule has 0 aliphatic heterocycles. The summed E-state index contributed by atoms with van der Waals surface area (Å²) in [4.78, 5) is 29.9. The number of nitrogens with zero attached hydrogens (tertiary/aromatic N) is 2. The third-order valence-corrected chi connectivity index (χ3v) is 9.15.